The summed E-state index contributed by atoms with van der Waals surface area (Å²) >= 11 is 6.22. The van der Waals surface area contributed by atoms with E-state index in [0.29, 0.717) is 5.15 Å². The maximum absolute atomic E-state index is 12.6. The van der Waals surface area contributed by atoms with Crippen molar-refractivity contribution in [1.29, 1.82) is 0 Å². The van der Waals surface area contributed by atoms with Crippen LogP contribution in [0.3, 0.4) is 0 Å². The fourth-order valence-electron chi connectivity index (χ4n) is 3.29. The Labute approximate surface area is 159 Å². The Morgan fingerprint density at radius 1 is 1.19 bits per heavy atom. The fourth-order valence-corrected chi connectivity index (χ4v) is 3.52. The number of aryl methyl sites for hydroxylation is 2. The van der Waals surface area contributed by atoms with Crippen LogP contribution in [0, 0.1) is 6.92 Å². The van der Waals surface area contributed by atoms with Crippen LogP contribution in [-0.4, -0.2) is 51.7 Å². The summed E-state index contributed by atoms with van der Waals surface area (Å²) in [4.78, 5) is 16.9. The molecule has 0 radical (unpaired) electrons. The number of aromatic nitrogens is 2. The van der Waals surface area contributed by atoms with Crippen molar-refractivity contribution in [3.8, 4) is 0 Å². The zero-order valence-electron chi connectivity index (χ0n) is 15.4. The maximum atomic E-state index is 12.6. The molecule has 2 heterocycles. The van der Waals surface area contributed by atoms with Gasteiger partial charge in [-0.2, -0.15) is 5.10 Å². The van der Waals surface area contributed by atoms with E-state index < -0.39 is 0 Å². The Bertz CT molecular complexity index is 785. The van der Waals surface area contributed by atoms with Crippen molar-refractivity contribution >= 4 is 23.6 Å². The maximum Gasteiger partial charge on any atom is 0.246 e. The number of carbonyl (C=O) groups is 1. The van der Waals surface area contributed by atoms with E-state index in [2.05, 4.69) is 34.3 Å². The molecule has 1 aliphatic rings. The molecule has 0 saturated carbocycles. The molecule has 1 saturated heterocycles. The Morgan fingerprint density at radius 2 is 1.96 bits per heavy atom. The van der Waals surface area contributed by atoms with Gasteiger partial charge in [-0.3, -0.25) is 14.4 Å². The molecule has 138 valence electrons. The van der Waals surface area contributed by atoms with Crippen molar-refractivity contribution in [1.82, 2.24) is 19.6 Å². The number of hydrogen-bond donors (Lipinski definition) is 0. The number of benzene rings is 1. The molecule has 0 atom stereocenters. The number of rotatable bonds is 4. The van der Waals surface area contributed by atoms with Crippen LogP contribution in [-0.2, 0) is 18.4 Å². The number of halogens is 1. The van der Waals surface area contributed by atoms with E-state index in [1.807, 2.05) is 17.9 Å². The molecule has 0 N–H and O–H groups in total. The first-order chi connectivity index (χ1) is 12.5. The zero-order valence-corrected chi connectivity index (χ0v) is 16.1. The predicted molar refractivity (Wildman–Crippen MR) is 105 cm³/mol. The predicted octanol–water partition coefficient (Wildman–Crippen LogP) is 3.13. The van der Waals surface area contributed by atoms with Crippen LogP contribution >= 0.6 is 11.6 Å². The second kappa shape index (κ2) is 8.52. The lowest BCUT2D eigenvalue weighted by Gasteiger charge is -2.21. The molecular formula is C20H25ClN4O. The van der Waals surface area contributed by atoms with E-state index in [1.54, 1.807) is 23.9 Å². The number of nitrogens with zero attached hydrogens (tertiary/aromatic N) is 4. The smallest absolute Gasteiger partial charge is 0.246 e. The summed E-state index contributed by atoms with van der Waals surface area (Å²) in [7, 11) is 1.80. The SMILES string of the molecule is Cc1nn(C)c(Cl)c1/C=C/C(=O)N1CCCN(Cc2ccccc2)CC1. The quantitative estimate of drug-likeness (QED) is 0.774. The van der Waals surface area contributed by atoms with E-state index >= 15 is 0 Å². The minimum atomic E-state index is 0.0332. The highest BCUT2D eigenvalue weighted by Crippen LogP contribution is 2.20. The Kier molecular flexibility index (Phi) is 6.12. The number of carbonyl (C=O) groups excluding carboxylic acids is 1. The molecule has 1 fully saturated rings. The normalized spacial score (nSPS) is 16.2. The van der Waals surface area contributed by atoms with Gasteiger partial charge in [0.25, 0.3) is 0 Å². The minimum Gasteiger partial charge on any atom is -0.338 e. The van der Waals surface area contributed by atoms with Gasteiger partial charge in [0.2, 0.25) is 5.91 Å². The van der Waals surface area contributed by atoms with Crippen LogP contribution < -0.4 is 0 Å². The average Bonchev–Trinajstić information content (AvgIpc) is 2.81. The van der Waals surface area contributed by atoms with Crippen molar-refractivity contribution in [3.63, 3.8) is 0 Å². The average molecular weight is 373 g/mol. The van der Waals surface area contributed by atoms with Gasteiger partial charge in [-0.25, -0.2) is 0 Å². The Morgan fingerprint density at radius 3 is 2.65 bits per heavy atom. The van der Waals surface area contributed by atoms with Crippen LogP contribution in [0.15, 0.2) is 36.4 Å². The summed E-state index contributed by atoms with van der Waals surface area (Å²) in [5, 5.41) is 4.82. The molecule has 0 aliphatic carbocycles. The molecule has 6 heteroatoms. The first kappa shape index (κ1) is 18.7. The van der Waals surface area contributed by atoms with E-state index in [1.165, 1.54) is 5.56 Å². The highest BCUT2D eigenvalue weighted by molar-refractivity contribution is 6.31. The van der Waals surface area contributed by atoms with Crippen LogP contribution in [0.4, 0.5) is 0 Å². The molecule has 3 rings (SSSR count). The zero-order chi connectivity index (χ0) is 18.5. The third-order valence-electron chi connectivity index (χ3n) is 4.74. The summed E-state index contributed by atoms with van der Waals surface area (Å²) < 4.78 is 1.62. The van der Waals surface area contributed by atoms with Gasteiger partial charge in [-0.1, -0.05) is 41.9 Å². The summed E-state index contributed by atoms with van der Waals surface area (Å²) in [6.45, 7) is 6.26. The molecule has 1 amide bonds. The van der Waals surface area contributed by atoms with E-state index in [9.17, 15) is 4.79 Å². The Balaban J connectivity index is 1.58. The van der Waals surface area contributed by atoms with Gasteiger partial charge in [0.05, 0.1) is 5.69 Å². The first-order valence-electron chi connectivity index (χ1n) is 8.97. The molecule has 0 bridgehead atoms. The van der Waals surface area contributed by atoms with Gasteiger partial charge >= 0.3 is 0 Å². The van der Waals surface area contributed by atoms with E-state index in [-0.39, 0.29) is 5.91 Å². The molecular weight excluding hydrogens is 348 g/mol. The van der Waals surface area contributed by atoms with Crippen molar-refractivity contribution < 1.29 is 4.79 Å². The summed E-state index contributed by atoms with van der Waals surface area (Å²) in [5.74, 6) is 0.0332. The number of hydrogen-bond acceptors (Lipinski definition) is 3. The van der Waals surface area contributed by atoms with Crippen molar-refractivity contribution in [3.05, 3.63) is 58.4 Å². The van der Waals surface area contributed by atoms with Gasteiger partial charge in [0, 0.05) is 51.4 Å². The first-order valence-corrected chi connectivity index (χ1v) is 9.35. The lowest BCUT2D eigenvalue weighted by atomic mass is 10.2. The van der Waals surface area contributed by atoms with Gasteiger partial charge in [-0.15, -0.1) is 0 Å². The molecule has 1 aromatic carbocycles. The topological polar surface area (TPSA) is 41.4 Å². The standard InChI is InChI=1S/C20H25ClN4O/c1-16-18(20(21)23(2)22-16)9-10-19(26)25-12-6-11-24(13-14-25)15-17-7-4-3-5-8-17/h3-5,7-10H,6,11-15H2,1-2H3/b10-9+. The van der Waals surface area contributed by atoms with Crippen LogP contribution in [0.2, 0.25) is 5.15 Å². The largest absolute Gasteiger partial charge is 0.338 e. The monoisotopic (exact) mass is 372 g/mol. The van der Waals surface area contributed by atoms with Crippen molar-refractivity contribution in [2.75, 3.05) is 26.2 Å². The highest BCUT2D eigenvalue weighted by Gasteiger charge is 2.18. The molecule has 0 spiro atoms. The van der Waals surface area contributed by atoms with E-state index in [0.717, 1.165) is 50.4 Å². The minimum absolute atomic E-state index is 0.0332. The second-order valence-electron chi connectivity index (χ2n) is 6.69. The molecule has 1 aromatic heterocycles. The summed E-state index contributed by atoms with van der Waals surface area (Å²) in [6.07, 6.45) is 4.38. The third-order valence-corrected chi connectivity index (χ3v) is 5.19. The van der Waals surface area contributed by atoms with Gasteiger partial charge in [-0.05, 0) is 25.0 Å². The molecule has 1 aliphatic heterocycles. The highest BCUT2D eigenvalue weighted by atomic mass is 35.5. The van der Waals surface area contributed by atoms with Crippen LogP contribution in [0.5, 0.6) is 0 Å². The van der Waals surface area contributed by atoms with E-state index in [4.69, 9.17) is 11.6 Å². The molecule has 26 heavy (non-hydrogen) atoms. The van der Waals surface area contributed by atoms with Gasteiger partial charge in [0.15, 0.2) is 0 Å². The van der Waals surface area contributed by atoms with Crippen molar-refractivity contribution in [2.45, 2.75) is 19.9 Å². The fraction of sp³-hybridized carbons (Fsp3) is 0.400. The molecule has 0 unspecified atom stereocenters. The van der Waals surface area contributed by atoms with Crippen LogP contribution in [0.25, 0.3) is 6.08 Å². The second-order valence-corrected chi connectivity index (χ2v) is 7.05. The Hall–Kier alpha value is -2.11. The third kappa shape index (κ3) is 4.54. The summed E-state index contributed by atoms with van der Waals surface area (Å²) in [6, 6.07) is 10.5. The lowest BCUT2D eigenvalue weighted by Crippen LogP contribution is -2.34. The van der Waals surface area contributed by atoms with Gasteiger partial charge < -0.3 is 4.90 Å². The van der Waals surface area contributed by atoms with Crippen LogP contribution in [0.1, 0.15) is 23.2 Å². The molecule has 2 aromatic rings. The molecule has 5 nitrogen and oxygen atoms in total. The number of amides is 1. The van der Waals surface area contributed by atoms with Crippen molar-refractivity contribution in [2.24, 2.45) is 7.05 Å². The summed E-state index contributed by atoms with van der Waals surface area (Å²) in [5.41, 5.74) is 2.95. The van der Waals surface area contributed by atoms with Gasteiger partial charge in [0.1, 0.15) is 5.15 Å². The lowest BCUT2D eigenvalue weighted by molar-refractivity contribution is -0.125.